The van der Waals surface area contributed by atoms with E-state index in [4.69, 9.17) is 0 Å². The minimum Gasteiger partial charge on any atom is -0.468 e. The van der Waals surface area contributed by atoms with Crippen molar-refractivity contribution in [1.29, 1.82) is 0 Å². The summed E-state index contributed by atoms with van der Waals surface area (Å²) < 4.78 is 50.1. The lowest BCUT2D eigenvalue weighted by atomic mass is 10.1. The molecule has 1 aromatic heterocycles. The van der Waals surface area contributed by atoms with E-state index < -0.39 is 29.6 Å². The number of esters is 2. The van der Waals surface area contributed by atoms with Gasteiger partial charge in [-0.15, -0.1) is 0 Å². The van der Waals surface area contributed by atoms with E-state index in [1.54, 1.807) is 6.07 Å². The topological polar surface area (TPSA) is 87.0 Å². The number of rotatable bonds is 4. The predicted molar refractivity (Wildman–Crippen MR) is 105 cm³/mol. The van der Waals surface area contributed by atoms with Gasteiger partial charge in [0, 0.05) is 5.56 Å². The van der Waals surface area contributed by atoms with E-state index in [0.29, 0.717) is 16.3 Å². The number of halogens is 3. The number of carbonyl (C=O) groups excluding carboxylic acids is 3. The number of hydrogen-bond acceptors (Lipinski definition) is 6. The number of amides is 1. The summed E-state index contributed by atoms with van der Waals surface area (Å²) in [4.78, 5) is 40.2. The van der Waals surface area contributed by atoms with E-state index in [1.165, 1.54) is 37.0 Å². The summed E-state index contributed by atoms with van der Waals surface area (Å²) in [5.41, 5.74) is -0.502. The van der Waals surface area contributed by atoms with E-state index >= 15 is 0 Å². The van der Waals surface area contributed by atoms with Crippen LogP contribution in [0.25, 0.3) is 10.2 Å². The Bertz CT molecular complexity index is 1240. The monoisotopic (exact) mass is 452 g/mol. The molecule has 0 fully saturated rings. The molecule has 0 aliphatic rings. The lowest BCUT2D eigenvalue weighted by Gasteiger charge is -2.07. The van der Waals surface area contributed by atoms with Crippen molar-refractivity contribution in [3.8, 4) is 0 Å². The molecule has 0 saturated carbocycles. The van der Waals surface area contributed by atoms with Crippen molar-refractivity contribution >= 4 is 39.4 Å². The predicted octanol–water partition coefficient (Wildman–Crippen LogP) is 3.42. The molecule has 0 atom stereocenters. The minimum atomic E-state index is -4.61. The maximum Gasteiger partial charge on any atom is 0.416 e. The summed E-state index contributed by atoms with van der Waals surface area (Å²) in [5.74, 6) is -2.11. The second-order valence-corrected chi connectivity index (χ2v) is 7.23. The van der Waals surface area contributed by atoms with Crippen LogP contribution < -0.4 is 4.80 Å². The molecule has 0 saturated heterocycles. The van der Waals surface area contributed by atoms with Crippen LogP contribution in [0.3, 0.4) is 0 Å². The van der Waals surface area contributed by atoms with Gasteiger partial charge in [0.25, 0.3) is 5.91 Å². The van der Waals surface area contributed by atoms with Crippen molar-refractivity contribution in [2.24, 2.45) is 4.99 Å². The highest BCUT2D eigenvalue weighted by atomic mass is 32.1. The first kappa shape index (κ1) is 22.2. The van der Waals surface area contributed by atoms with Crippen LogP contribution in [0.4, 0.5) is 13.2 Å². The molecule has 3 rings (SSSR count). The number of aromatic nitrogens is 1. The lowest BCUT2D eigenvalue weighted by molar-refractivity contribution is -0.141. The molecule has 0 N–H and O–H groups in total. The number of hydrogen-bond donors (Lipinski definition) is 0. The maximum absolute atomic E-state index is 12.9. The highest BCUT2D eigenvalue weighted by Gasteiger charge is 2.30. The molecule has 31 heavy (non-hydrogen) atoms. The zero-order valence-electron chi connectivity index (χ0n) is 16.2. The Balaban J connectivity index is 2.14. The van der Waals surface area contributed by atoms with Crippen molar-refractivity contribution in [3.63, 3.8) is 0 Å². The Morgan fingerprint density at radius 3 is 2.42 bits per heavy atom. The molecule has 3 aromatic rings. The Hall–Kier alpha value is -3.47. The van der Waals surface area contributed by atoms with E-state index in [0.717, 1.165) is 23.5 Å². The SMILES string of the molecule is COC(=O)Cn1c(=NC(=O)c2cccc(C(F)(F)F)c2)sc2cc(C(=O)OC)ccc21. The Kier molecular flexibility index (Phi) is 6.25. The van der Waals surface area contributed by atoms with Crippen molar-refractivity contribution in [1.82, 2.24) is 4.57 Å². The molecular weight excluding hydrogens is 437 g/mol. The van der Waals surface area contributed by atoms with E-state index in [-0.39, 0.29) is 22.5 Å². The highest BCUT2D eigenvalue weighted by Crippen LogP contribution is 2.29. The van der Waals surface area contributed by atoms with E-state index in [1.807, 2.05) is 0 Å². The van der Waals surface area contributed by atoms with Crippen LogP contribution in [-0.4, -0.2) is 36.6 Å². The highest BCUT2D eigenvalue weighted by molar-refractivity contribution is 7.16. The number of carbonyl (C=O) groups is 3. The van der Waals surface area contributed by atoms with Crippen molar-refractivity contribution in [2.75, 3.05) is 14.2 Å². The average Bonchev–Trinajstić information content (AvgIpc) is 3.08. The minimum absolute atomic E-state index is 0.0600. The second-order valence-electron chi connectivity index (χ2n) is 6.22. The fourth-order valence-electron chi connectivity index (χ4n) is 2.73. The molecule has 0 aliphatic carbocycles. The second kappa shape index (κ2) is 8.72. The fourth-order valence-corrected chi connectivity index (χ4v) is 3.80. The van der Waals surface area contributed by atoms with Gasteiger partial charge in [-0.1, -0.05) is 17.4 Å². The van der Waals surface area contributed by atoms with E-state index in [9.17, 15) is 27.6 Å². The molecule has 0 bridgehead atoms. The first-order chi connectivity index (χ1) is 14.6. The molecule has 0 spiro atoms. The maximum atomic E-state index is 12.9. The first-order valence-electron chi connectivity index (χ1n) is 8.69. The molecule has 0 aliphatic heterocycles. The summed E-state index contributed by atoms with van der Waals surface area (Å²) in [7, 11) is 2.42. The number of methoxy groups -OCH3 is 2. The summed E-state index contributed by atoms with van der Waals surface area (Å²) >= 11 is 0.989. The number of fused-ring (bicyclic) bond motifs is 1. The van der Waals surface area contributed by atoms with Gasteiger partial charge < -0.3 is 14.0 Å². The zero-order chi connectivity index (χ0) is 22.8. The van der Waals surface area contributed by atoms with Gasteiger partial charge >= 0.3 is 18.1 Å². The Morgan fingerprint density at radius 1 is 1.03 bits per heavy atom. The zero-order valence-corrected chi connectivity index (χ0v) is 17.0. The third-order valence-electron chi connectivity index (χ3n) is 4.25. The lowest BCUT2D eigenvalue weighted by Crippen LogP contribution is -2.22. The fraction of sp³-hybridized carbons (Fsp3) is 0.200. The van der Waals surface area contributed by atoms with Gasteiger partial charge in [-0.2, -0.15) is 18.2 Å². The normalized spacial score (nSPS) is 12.1. The van der Waals surface area contributed by atoms with Gasteiger partial charge in [0.2, 0.25) is 0 Å². The van der Waals surface area contributed by atoms with Crippen LogP contribution in [0.2, 0.25) is 0 Å². The number of benzene rings is 2. The largest absolute Gasteiger partial charge is 0.468 e. The summed E-state index contributed by atoms with van der Waals surface area (Å²) in [6, 6.07) is 8.42. The quantitative estimate of drug-likeness (QED) is 0.566. The van der Waals surface area contributed by atoms with Crippen molar-refractivity contribution in [2.45, 2.75) is 12.7 Å². The van der Waals surface area contributed by atoms with Crippen LogP contribution in [0, 0.1) is 0 Å². The van der Waals surface area contributed by atoms with Crippen molar-refractivity contribution in [3.05, 3.63) is 64.0 Å². The Labute approximate surface area is 177 Å². The first-order valence-corrected chi connectivity index (χ1v) is 9.50. The van der Waals surface area contributed by atoms with Gasteiger partial charge in [0.15, 0.2) is 4.80 Å². The van der Waals surface area contributed by atoms with Gasteiger partial charge in [-0.25, -0.2) is 4.79 Å². The van der Waals surface area contributed by atoms with Crippen molar-refractivity contribution < 1.29 is 37.0 Å². The van der Waals surface area contributed by atoms with Gasteiger partial charge in [0.05, 0.1) is 35.6 Å². The van der Waals surface area contributed by atoms with Gasteiger partial charge in [-0.05, 0) is 36.4 Å². The Morgan fingerprint density at radius 2 is 1.77 bits per heavy atom. The molecule has 7 nitrogen and oxygen atoms in total. The van der Waals surface area contributed by atoms with Crippen LogP contribution in [-0.2, 0) is 27.0 Å². The number of nitrogens with zero attached hydrogens (tertiary/aromatic N) is 2. The van der Waals surface area contributed by atoms with E-state index in [2.05, 4.69) is 14.5 Å². The summed E-state index contributed by atoms with van der Waals surface area (Å²) in [5, 5.41) is 0. The molecule has 1 heterocycles. The van der Waals surface area contributed by atoms with Crippen LogP contribution in [0.1, 0.15) is 26.3 Å². The molecule has 11 heteroatoms. The summed E-state index contributed by atoms with van der Waals surface area (Å²) in [6.07, 6.45) is -4.61. The molecule has 2 aromatic carbocycles. The third kappa shape index (κ3) is 4.82. The molecule has 1 amide bonds. The van der Waals surface area contributed by atoms with Crippen LogP contribution in [0.5, 0.6) is 0 Å². The summed E-state index contributed by atoms with van der Waals surface area (Å²) in [6.45, 7) is -0.289. The smallest absolute Gasteiger partial charge is 0.416 e. The number of ether oxygens (including phenoxy) is 2. The average molecular weight is 452 g/mol. The van der Waals surface area contributed by atoms with Crippen LogP contribution in [0.15, 0.2) is 47.5 Å². The van der Waals surface area contributed by atoms with Crippen LogP contribution >= 0.6 is 11.3 Å². The number of thiazole rings is 1. The molecule has 0 radical (unpaired) electrons. The third-order valence-corrected chi connectivity index (χ3v) is 5.29. The van der Waals surface area contributed by atoms with Gasteiger partial charge in [-0.3, -0.25) is 9.59 Å². The molecule has 0 unspecified atom stereocenters. The molecule has 162 valence electrons. The molecular formula is C20H15F3N2O5S. The number of alkyl halides is 3. The standard InChI is InChI=1S/C20H15F3N2O5S/c1-29-16(26)10-25-14-7-6-12(18(28)30-2)9-15(14)31-19(25)24-17(27)11-4-3-5-13(8-11)20(21,22)23/h3-9H,10H2,1-2H3. The van der Waals surface area contributed by atoms with Gasteiger partial charge in [0.1, 0.15) is 6.54 Å².